The van der Waals surface area contributed by atoms with Gasteiger partial charge in [0.15, 0.2) is 6.10 Å². The van der Waals surface area contributed by atoms with E-state index in [0.29, 0.717) is 12.8 Å². The molecule has 8 atom stereocenters. The van der Waals surface area contributed by atoms with Crippen LogP contribution < -0.4 is 0 Å². The van der Waals surface area contributed by atoms with E-state index in [9.17, 15) is 44.6 Å². The lowest BCUT2D eigenvalue weighted by Crippen LogP contribution is -2.64. The zero-order valence-electron chi connectivity index (χ0n) is 41.1. The summed E-state index contributed by atoms with van der Waals surface area (Å²) in [5, 5.41) is 50.3. The van der Waals surface area contributed by atoms with Crippen LogP contribution in [0.2, 0.25) is 0 Å². The van der Waals surface area contributed by atoms with Gasteiger partial charge in [-0.25, -0.2) is 4.57 Å². The number of carbonyl (C=O) groups excluding carboxylic acids is 2. The lowest BCUT2D eigenvalue weighted by Gasteiger charge is -2.41. The summed E-state index contributed by atoms with van der Waals surface area (Å²) in [6.45, 7) is 3.34. The van der Waals surface area contributed by atoms with Gasteiger partial charge in [-0.3, -0.25) is 18.6 Å². The highest BCUT2D eigenvalue weighted by Crippen LogP contribution is 2.47. The summed E-state index contributed by atoms with van der Waals surface area (Å²) < 4.78 is 33.7. The largest absolute Gasteiger partial charge is 0.472 e. The minimum Gasteiger partial charge on any atom is -0.462 e. The number of hydrogen-bond acceptors (Lipinski definition) is 12. The van der Waals surface area contributed by atoms with Crippen LogP contribution in [0, 0.1) is 0 Å². The van der Waals surface area contributed by atoms with E-state index in [1.807, 2.05) is 0 Å². The van der Waals surface area contributed by atoms with Crippen molar-refractivity contribution in [2.45, 2.75) is 288 Å². The maximum absolute atomic E-state index is 12.9. The van der Waals surface area contributed by atoms with E-state index in [4.69, 9.17) is 18.5 Å². The van der Waals surface area contributed by atoms with Crippen LogP contribution in [-0.4, -0.2) is 98.3 Å². The quantitative estimate of drug-likeness (QED) is 0.0145. The van der Waals surface area contributed by atoms with Gasteiger partial charge < -0.3 is 39.9 Å². The third kappa shape index (κ3) is 33.7. The summed E-state index contributed by atoms with van der Waals surface area (Å²) >= 11 is 0. The second kappa shape index (κ2) is 41.6. The van der Waals surface area contributed by atoms with Crippen LogP contribution in [-0.2, 0) is 32.7 Å². The molecule has 1 rings (SSSR count). The highest BCUT2D eigenvalue weighted by atomic mass is 31.2. The number of rotatable bonds is 45. The smallest absolute Gasteiger partial charge is 0.462 e. The van der Waals surface area contributed by atoms with Crippen molar-refractivity contribution in [3.8, 4) is 0 Å². The molecule has 13 nitrogen and oxygen atoms in total. The van der Waals surface area contributed by atoms with Crippen molar-refractivity contribution in [2.75, 3.05) is 13.2 Å². The molecule has 0 aromatic heterocycles. The highest BCUT2D eigenvalue weighted by Gasteiger charge is 2.51. The van der Waals surface area contributed by atoms with Crippen molar-refractivity contribution in [3.05, 3.63) is 12.2 Å². The van der Waals surface area contributed by atoms with Gasteiger partial charge in [0.2, 0.25) is 0 Å². The van der Waals surface area contributed by atoms with E-state index in [2.05, 4.69) is 26.0 Å². The van der Waals surface area contributed by atoms with Crippen LogP contribution in [0.3, 0.4) is 0 Å². The number of phosphoric ester groups is 1. The molecule has 1 fully saturated rings. The van der Waals surface area contributed by atoms with E-state index >= 15 is 0 Å². The Hall–Kier alpha value is -1.41. The first kappa shape index (κ1) is 61.6. The third-order valence-electron chi connectivity index (χ3n) is 12.6. The summed E-state index contributed by atoms with van der Waals surface area (Å²) in [6.07, 6.45) is 32.5. The van der Waals surface area contributed by atoms with E-state index in [1.165, 1.54) is 154 Å². The molecule has 65 heavy (non-hydrogen) atoms. The van der Waals surface area contributed by atoms with E-state index < -0.39 is 75.7 Å². The molecule has 6 unspecified atom stereocenters. The van der Waals surface area contributed by atoms with Crippen molar-refractivity contribution < 1.29 is 63.1 Å². The van der Waals surface area contributed by atoms with Crippen LogP contribution in [0.5, 0.6) is 0 Å². The average molecular weight is 949 g/mol. The number of carbonyl (C=O) groups is 2. The fraction of sp³-hybridized carbons (Fsp3) is 0.922. The van der Waals surface area contributed by atoms with Gasteiger partial charge in [-0.1, -0.05) is 206 Å². The number of ether oxygens (including phenoxy) is 2. The van der Waals surface area contributed by atoms with Crippen LogP contribution in [0.25, 0.3) is 0 Å². The summed E-state index contributed by atoms with van der Waals surface area (Å²) in [5.74, 6) is -1.09. The molecule has 0 aliphatic heterocycles. The van der Waals surface area contributed by atoms with Gasteiger partial charge in [0.1, 0.15) is 43.2 Å². The number of hydrogen-bond donors (Lipinski definition) is 6. The molecule has 0 radical (unpaired) electrons. The SMILES string of the molecule is CCCCCCCC/C=C/CCCCCCCCCCCC(=O)O[C@H](COC(=O)CCCCCCCCCCCCCCCCCCC)COP(=O)(O)OC1C(O)C(O)C(O)[C@@H](O)C1O. The van der Waals surface area contributed by atoms with E-state index in [-0.39, 0.29) is 12.8 Å². The normalized spacial score (nSPS) is 21.4. The Morgan fingerprint density at radius 3 is 1.17 bits per heavy atom. The minimum absolute atomic E-state index is 0.0991. The zero-order valence-corrected chi connectivity index (χ0v) is 41.9. The Labute approximate surface area is 394 Å². The molecule has 6 N–H and O–H groups in total. The predicted molar refractivity (Wildman–Crippen MR) is 258 cm³/mol. The van der Waals surface area contributed by atoms with Crippen molar-refractivity contribution in [1.82, 2.24) is 0 Å². The van der Waals surface area contributed by atoms with Crippen molar-refractivity contribution in [2.24, 2.45) is 0 Å². The van der Waals surface area contributed by atoms with Gasteiger partial charge in [0, 0.05) is 12.8 Å². The first-order chi connectivity index (χ1) is 31.4. The maximum atomic E-state index is 12.9. The summed E-state index contributed by atoms with van der Waals surface area (Å²) in [6, 6.07) is 0. The van der Waals surface area contributed by atoms with Crippen molar-refractivity contribution >= 4 is 19.8 Å². The topological polar surface area (TPSA) is 210 Å². The van der Waals surface area contributed by atoms with Crippen LogP contribution in [0.1, 0.15) is 245 Å². The maximum Gasteiger partial charge on any atom is 0.472 e. The molecule has 0 heterocycles. The standard InChI is InChI=1S/C51H97O13P/c1-3-5-7-9-11-13-15-17-19-21-22-24-26-28-30-32-34-36-38-40-45(53)63-43(42-62-65(59,60)64-51-49(57)47(55)46(54)48(56)50(51)58)41-61-44(52)39-37-35-33-31-29-27-25-23-20-18-16-14-12-10-8-6-4-2/h17,19,43,46-51,54-58H,3-16,18,20-42H2,1-2H3,(H,59,60)/b19-17+/t43-,46?,47-,48?,49?,50?,51?/m1/s1. The first-order valence-electron chi connectivity index (χ1n) is 26.5. The Bertz CT molecular complexity index is 1190. The minimum atomic E-state index is -5.12. The fourth-order valence-electron chi connectivity index (χ4n) is 8.34. The second-order valence-corrected chi connectivity index (χ2v) is 20.1. The average Bonchev–Trinajstić information content (AvgIpc) is 3.29. The van der Waals surface area contributed by atoms with E-state index in [1.54, 1.807) is 0 Å². The Kier molecular flexibility index (Phi) is 39.4. The summed E-state index contributed by atoms with van der Waals surface area (Å²) in [4.78, 5) is 35.9. The summed E-state index contributed by atoms with van der Waals surface area (Å²) in [7, 11) is -5.12. The molecule has 14 heteroatoms. The zero-order chi connectivity index (χ0) is 47.8. The molecule has 0 aromatic carbocycles. The van der Waals surface area contributed by atoms with Gasteiger partial charge in [-0.05, 0) is 38.5 Å². The number of phosphoric acid groups is 1. The monoisotopic (exact) mass is 949 g/mol. The highest BCUT2D eigenvalue weighted by molar-refractivity contribution is 7.47. The van der Waals surface area contributed by atoms with Crippen LogP contribution in [0.15, 0.2) is 12.2 Å². The molecule has 0 amide bonds. The molecular formula is C51H97O13P. The number of esters is 2. The predicted octanol–water partition coefficient (Wildman–Crippen LogP) is 11.4. The fourth-order valence-corrected chi connectivity index (χ4v) is 9.32. The number of aliphatic hydroxyl groups is 5. The number of allylic oxidation sites excluding steroid dienone is 2. The molecular weight excluding hydrogens is 852 g/mol. The molecule has 1 aliphatic carbocycles. The van der Waals surface area contributed by atoms with Gasteiger partial charge >= 0.3 is 19.8 Å². The van der Waals surface area contributed by atoms with Gasteiger partial charge in [0.05, 0.1) is 6.61 Å². The van der Waals surface area contributed by atoms with Crippen molar-refractivity contribution in [3.63, 3.8) is 0 Å². The number of unbranched alkanes of at least 4 members (excludes halogenated alkanes) is 31. The van der Waals surface area contributed by atoms with Gasteiger partial charge in [-0.15, -0.1) is 0 Å². The van der Waals surface area contributed by atoms with Crippen LogP contribution >= 0.6 is 7.82 Å². The molecule has 0 aromatic rings. The van der Waals surface area contributed by atoms with E-state index in [0.717, 1.165) is 51.4 Å². The second-order valence-electron chi connectivity index (χ2n) is 18.7. The van der Waals surface area contributed by atoms with Crippen LogP contribution in [0.4, 0.5) is 0 Å². The van der Waals surface area contributed by atoms with Gasteiger partial charge in [-0.2, -0.15) is 0 Å². The molecule has 0 spiro atoms. The van der Waals surface area contributed by atoms with Crippen molar-refractivity contribution in [1.29, 1.82) is 0 Å². The Morgan fingerprint density at radius 2 is 0.785 bits per heavy atom. The molecule has 1 saturated carbocycles. The first-order valence-corrected chi connectivity index (χ1v) is 28.0. The molecule has 384 valence electrons. The third-order valence-corrected chi connectivity index (χ3v) is 13.6. The Balaban J connectivity index is 2.38. The lowest BCUT2D eigenvalue weighted by molar-refractivity contribution is -0.220. The van der Waals surface area contributed by atoms with Gasteiger partial charge in [0.25, 0.3) is 0 Å². The lowest BCUT2D eigenvalue weighted by atomic mass is 9.85. The molecule has 0 saturated heterocycles. The molecule has 0 bridgehead atoms. The summed E-state index contributed by atoms with van der Waals surface area (Å²) in [5.41, 5.74) is 0. The Morgan fingerprint density at radius 1 is 0.462 bits per heavy atom. The molecule has 1 aliphatic rings. The number of aliphatic hydroxyl groups excluding tert-OH is 5.